The summed E-state index contributed by atoms with van der Waals surface area (Å²) < 4.78 is 0. The highest BCUT2D eigenvalue weighted by molar-refractivity contribution is 5.82. The summed E-state index contributed by atoms with van der Waals surface area (Å²) in [5.74, 6) is 1.59. The maximum atomic E-state index is 11.4. The number of anilines is 1. The lowest BCUT2D eigenvalue weighted by molar-refractivity contribution is 0.567. The number of benzene rings is 1. The molecule has 0 saturated carbocycles. The zero-order chi connectivity index (χ0) is 9.26. The first-order valence-corrected chi connectivity index (χ1v) is 3.82. The van der Waals surface area contributed by atoms with Gasteiger partial charge < -0.3 is 10.3 Å². The minimum Gasteiger partial charge on any atom is -0.753 e. The van der Waals surface area contributed by atoms with E-state index in [4.69, 9.17) is 0 Å². The molecule has 0 N–H and O–H groups in total. The second-order valence-electron chi connectivity index (χ2n) is 2.67. The Morgan fingerprint density at radius 3 is 2.77 bits per heavy atom. The molecule has 0 radical (unpaired) electrons. The number of hydrogen-bond donors (Lipinski definition) is 0. The second kappa shape index (κ2) is 2.90. The molecule has 1 aromatic rings. The lowest BCUT2D eigenvalue weighted by Crippen LogP contribution is -2.16. The molecule has 64 valence electrons. The zero-order valence-corrected chi connectivity index (χ0v) is 6.73. The molecule has 0 fully saturated rings. The number of rotatable bonds is 0. The smallest absolute Gasteiger partial charge is 0.149 e. The summed E-state index contributed by atoms with van der Waals surface area (Å²) in [5.41, 5.74) is 1.32. The van der Waals surface area contributed by atoms with Gasteiger partial charge in [0.1, 0.15) is 11.6 Å². The van der Waals surface area contributed by atoms with Crippen molar-refractivity contribution in [2.75, 3.05) is 5.06 Å². The van der Waals surface area contributed by atoms with Gasteiger partial charge in [-0.25, -0.2) is 4.79 Å². The average molecular weight is 172 g/mol. The number of hydroxylamine groups is 1. The van der Waals surface area contributed by atoms with Gasteiger partial charge in [0.2, 0.25) is 0 Å². The Balaban J connectivity index is 2.61. The fourth-order valence-electron chi connectivity index (χ4n) is 1.26. The first-order chi connectivity index (χ1) is 6.33. The molecule has 0 bridgehead atoms. The molecule has 0 spiro atoms. The van der Waals surface area contributed by atoms with Crippen LogP contribution in [0, 0.1) is 5.21 Å². The number of allylic oxidation sites excluding steroid dienone is 1. The Kier molecular flexibility index (Phi) is 1.74. The van der Waals surface area contributed by atoms with E-state index in [1.54, 1.807) is 24.2 Å². The Morgan fingerprint density at radius 1 is 1.23 bits per heavy atom. The van der Waals surface area contributed by atoms with Crippen LogP contribution in [-0.4, -0.2) is 5.94 Å². The lowest BCUT2D eigenvalue weighted by atomic mass is 10.1. The van der Waals surface area contributed by atoms with Gasteiger partial charge in [-0.15, -0.1) is 0 Å². The third-order valence-corrected chi connectivity index (χ3v) is 1.90. The molecule has 0 unspecified atom stereocenters. The molecule has 0 aliphatic carbocycles. The molecule has 0 amide bonds. The second-order valence-corrected chi connectivity index (χ2v) is 2.67. The van der Waals surface area contributed by atoms with E-state index in [1.807, 2.05) is 12.1 Å². The fourth-order valence-corrected chi connectivity index (χ4v) is 1.26. The predicted molar refractivity (Wildman–Crippen MR) is 50.5 cm³/mol. The van der Waals surface area contributed by atoms with Gasteiger partial charge in [-0.1, -0.05) is 24.3 Å². The number of para-hydroxylation sites is 1. The summed E-state index contributed by atoms with van der Waals surface area (Å²) >= 11 is 0. The van der Waals surface area contributed by atoms with E-state index in [-0.39, 0.29) is 5.70 Å². The van der Waals surface area contributed by atoms with Crippen molar-refractivity contribution >= 4 is 17.7 Å². The predicted octanol–water partition coefficient (Wildman–Crippen LogP) is 1.73. The SMILES string of the molecule is O=C=C1C=Cc2ccccc2N1[O-]. The summed E-state index contributed by atoms with van der Waals surface area (Å²) in [6, 6.07) is 7.08. The largest absolute Gasteiger partial charge is 0.753 e. The van der Waals surface area contributed by atoms with E-state index in [1.165, 1.54) is 6.08 Å². The van der Waals surface area contributed by atoms with Crippen LogP contribution in [-0.2, 0) is 4.79 Å². The number of nitrogens with zero attached hydrogens (tertiary/aromatic N) is 1. The van der Waals surface area contributed by atoms with Crippen LogP contribution in [0.2, 0.25) is 0 Å². The summed E-state index contributed by atoms with van der Waals surface area (Å²) in [4.78, 5) is 10.3. The third-order valence-electron chi connectivity index (χ3n) is 1.90. The standard InChI is InChI=1S/C10H6NO2/c12-7-9-6-5-8-3-1-2-4-10(8)11(9)13/h1-6H/q-1. The Hall–Kier alpha value is -1.83. The van der Waals surface area contributed by atoms with Crippen LogP contribution in [0.15, 0.2) is 36.0 Å². The average Bonchev–Trinajstić information content (AvgIpc) is 2.19. The van der Waals surface area contributed by atoms with Crippen molar-refractivity contribution in [2.24, 2.45) is 0 Å². The maximum Gasteiger partial charge on any atom is 0.149 e. The van der Waals surface area contributed by atoms with E-state index < -0.39 is 0 Å². The van der Waals surface area contributed by atoms with Gasteiger partial charge in [-0.3, -0.25) is 0 Å². The van der Waals surface area contributed by atoms with Gasteiger partial charge in [-0.05, 0) is 17.7 Å². The fraction of sp³-hybridized carbons (Fsp3) is 0. The first-order valence-electron chi connectivity index (χ1n) is 3.82. The van der Waals surface area contributed by atoms with Crippen LogP contribution in [0.25, 0.3) is 6.08 Å². The summed E-state index contributed by atoms with van der Waals surface area (Å²) in [5, 5.41) is 12.0. The number of carbonyl (C=O) groups excluding carboxylic acids is 1. The van der Waals surface area contributed by atoms with Gasteiger partial charge in [0.05, 0.1) is 0 Å². The van der Waals surface area contributed by atoms with Crippen LogP contribution in [0.3, 0.4) is 0 Å². The van der Waals surface area contributed by atoms with Crippen LogP contribution in [0.4, 0.5) is 5.69 Å². The molecule has 1 aromatic carbocycles. The molecular formula is C10H6NO2-. The molecule has 0 aromatic heterocycles. The van der Waals surface area contributed by atoms with Crippen molar-refractivity contribution in [3.8, 4) is 0 Å². The Bertz CT molecular complexity index is 417. The highest BCUT2D eigenvalue weighted by Crippen LogP contribution is 2.28. The van der Waals surface area contributed by atoms with Crippen molar-refractivity contribution < 1.29 is 4.79 Å². The normalized spacial score (nSPS) is 13.9. The molecule has 1 aliphatic rings. The number of fused-ring (bicyclic) bond motifs is 1. The van der Waals surface area contributed by atoms with E-state index in [0.717, 1.165) is 5.56 Å². The third kappa shape index (κ3) is 1.16. The van der Waals surface area contributed by atoms with Crippen LogP contribution >= 0.6 is 0 Å². The van der Waals surface area contributed by atoms with Gasteiger partial charge in [0.15, 0.2) is 0 Å². The van der Waals surface area contributed by atoms with E-state index >= 15 is 0 Å². The molecule has 1 heterocycles. The summed E-state index contributed by atoms with van der Waals surface area (Å²) in [6.07, 6.45) is 3.19. The van der Waals surface area contributed by atoms with Gasteiger partial charge in [0, 0.05) is 5.69 Å². The molecular weight excluding hydrogens is 166 g/mol. The number of hydrogen-bond acceptors (Lipinski definition) is 3. The molecule has 3 heteroatoms. The highest BCUT2D eigenvalue weighted by Gasteiger charge is 2.08. The molecule has 0 atom stereocenters. The van der Waals surface area contributed by atoms with Gasteiger partial charge in [0.25, 0.3) is 0 Å². The van der Waals surface area contributed by atoms with Crippen LogP contribution < -0.4 is 5.06 Å². The van der Waals surface area contributed by atoms with E-state index in [9.17, 15) is 10.0 Å². The summed E-state index contributed by atoms with van der Waals surface area (Å²) in [7, 11) is 0. The zero-order valence-electron chi connectivity index (χ0n) is 6.73. The minimum absolute atomic E-state index is 0.0127. The van der Waals surface area contributed by atoms with Crippen LogP contribution in [0.1, 0.15) is 5.56 Å². The van der Waals surface area contributed by atoms with Crippen molar-refractivity contribution in [1.82, 2.24) is 0 Å². The van der Waals surface area contributed by atoms with Crippen LogP contribution in [0.5, 0.6) is 0 Å². The van der Waals surface area contributed by atoms with Crippen molar-refractivity contribution in [2.45, 2.75) is 0 Å². The lowest BCUT2D eigenvalue weighted by Gasteiger charge is -2.33. The maximum absolute atomic E-state index is 11.4. The minimum atomic E-state index is 0.0127. The Morgan fingerprint density at radius 2 is 2.00 bits per heavy atom. The quantitative estimate of drug-likeness (QED) is 0.560. The topological polar surface area (TPSA) is 43.4 Å². The molecule has 13 heavy (non-hydrogen) atoms. The first kappa shape index (κ1) is 7.80. The molecule has 2 rings (SSSR count). The highest BCUT2D eigenvalue weighted by atomic mass is 16.5. The molecule has 0 saturated heterocycles. The van der Waals surface area contributed by atoms with E-state index in [2.05, 4.69) is 0 Å². The summed E-state index contributed by atoms with van der Waals surface area (Å²) in [6.45, 7) is 0. The van der Waals surface area contributed by atoms with Crippen molar-refractivity contribution in [3.63, 3.8) is 0 Å². The Labute approximate surface area is 75.2 Å². The van der Waals surface area contributed by atoms with Crippen molar-refractivity contribution in [3.05, 3.63) is 46.8 Å². The van der Waals surface area contributed by atoms with E-state index in [0.29, 0.717) is 10.8 Å². The monoisotopic (exact) mass is 172 g/mol. The molecule has 1 aliphatic heterocycles. The van der Waals surface area contributed by atoms with Crippen molar-refractivity contribution in [1.29, 1.82) is 0 Å². The molecule has 3 nitrogen and oxygen atoms in total. The van der Waals surface area contributed by atoms with Gasteiger partial charge >= 0.3 is 0 Å². The van der Waals surface area contributed by atoms with Gasteiger partial charge in [-0.2, -0.15) is 0 Å².